The van der Waals surface area contributed by atoms with Gasteiger partial charge in [0.1, 0.15) is 0 Å². The van der Waals surface area contributed by atoms with Gasteiger partial charge in [-0.25, -0.2) is 8.42 Å². The van der Waals surface area contributed by atoms with Crippen LogP contribution in [0.4, 0.5) is 5.69 Å². The van der Waals surface area contributed by atoms with Gasteiger partial charge in [-0.15, -0.1) is 12.4 Å². The zero-order valence-electron chi connectivity index (χ0n) is 12.8. The standard InChI is InChI=1S/C13H18BrN3O4S.ClH/c1-9-12(14)7-11(8-13(9)17(18)19)22(20,21)16-5-3-10(15-2)4-6-16;/h7-8,10,15H,3-6H2,1-2H3;1H. The first-order chi connectivity index (χ1) is 10.3. The Morgan fingerprint density at radius 2 is 1.91 bits per heavy atom. The normalized spacial score (nSPS) is 16.8. The van der Waals surface area contributed by atoms with E-state index < -0.39 is 14.9 Å². The van der Waals surface area contributed by atoms with E-state index in [1.165, 1.54) is 10.4 Å². The van der Waals surface area contributed by atoms with E-state index in [2.05, 4.69) is 21.2 Å². The molecule has 1 aromatic carbocycles. The van der Waals surface area contributed by atoms with Crippen LogP contribution >= 0.6 is 28.3 Å². The van der Waals surface area contributed by atoms with Crippen molar-refractivity contribution in [3.8, 4) is 0 Å². The summed E-state index contributed by atoms with van der Waals surface area (Å²) in [5.74, 6) is 0. The predicted octanol–water partition coefficient (Wildman–Crippen LogP) is 2.46. The fraction of sp³-hybridized carbons (Fsp3) is 0.538. The van der Waals surface area contributed by atoms with Crippen LogP contribution in [-0.2, 0) is 10.0 Å². The SMILES string of the molecule is CNC1CCN(S(=O)(=O)c2cc(Br)c(C)c([N+](=O)[O-])c2)CC1.Cl. The van der Waals surface area contributed by atoms with Gasteiger partial charge in [0, 0.05) is 35.2 Å². The van der Waals surface area contributed by atoms with E-state index in [-0.39, 0.29) is 23.0 Å². The van der Waals surface area contributed by atoms with Gasteiger partial charge in [0.25, 0.3) is 5.69 Å². The van der Waals surface area contributed by atoms with Gasteiger partial charge in [0.2, 0.25) is 10.0 Å². The highest BCUT2D eigenvalue weighted by molar-refractivity contribution is 9.10. The van der Waals surface area contributed by atoms with Gasteiger partial charge in [0.05, 0.1) is 9.82 Å². The van der Waals surface area contributed by atoms with Gasteiger partial charge >= 0.3 is 0 Å². The lowest BCUT2D eigenvalue weighted by Gasteiger charge is -2.31. The maximum Gasteiger partial charge on any atom is 0.274 e. The lowest BCUT2D eigenvalue weighted by molar-refractivity contribution is -0.385. The molecule has 1 saturated heterocycles. The number of benzene rings is 1. The number of nitrogens with zero attached hydrogens (tertiary/aromatic N) is 2. The Hall–Kier alpha value is -0.740. The van der Waals surface area contributed by atoms with Gasteiger partial charge in [-0.3, -0.25) is 10.1 Å². The van der Waals surface area contributed by atoms with Crippen LogP contribution in [0.2, 0.25) is 0 Å². The molecule has 23 heavy (non-hydrogen) atoms. The molecule has 130 valence electrons. The molecule has 0 atom stereocenters. The van der Waals surface area contributed by atoms with Crippen molar-refractivity contribution < 1.29 is 13.3 Å². The molecule has 0 bridgehead atoms. The number of hydrogen-bond acceptors (Lipinski definition) is 5. The van der Waals surface area contributed by atoms with Gasteiger partial charge in [-0.05, 0) is 32.9 Å². The number of nitrogens with one attached hydrogen (secondary N) is 1. The summed E-state index contributed by atoms with van der Waals surface area (Å²) in [6, 6.07) is 2.88. The Morgan fingerprint density at radius 3 is 2.39 bits per heavy atom. The van der Waals surface area contributed by atoms with Crippen molar-refractivity contribution in [1.82, 2.24) is 9.62 Å². The lowest BCUT2D eigenvalue weighted by atomic mass is 10.1. The summed E-state index contributed by atoms with van der Waals surface area (Å²) in [7, 11) is -1.86. The van der Waals surface area contributed by atoms with Gasteiger partial charge in [-0.2, -0.15) is 4.31 Å². The van der Waals surface area contributed by atoms with E-state index in [1.54, 1.807) is 6.92 Å². The van der Waals surface area contributed by atoms with Crippen LogP contribution in [0.25, 0.3) is 0 Å². The third-order valence-electron chi connectivity index (χ3n) is 3.99. The van der Waals surface area contributed by atoms with E-state index in [4.69, 9.17) is 0 Å². The Kier molecular flexibility index (Phi) is 6.96. The number of sulfonamides is 1. The minimum atomic E-state index is -3.72. The summed E-state index contributed by atoms with van der Waals surface area (Å²) in [6.07, 6.45) is 1.45. The average molecular weight is 429 g/mol. The van der Waals surface area contributed by atoms with Crippen LogP contribution in [0, 0.1) is 17.0 Å². The highest BCUT2D eigenvalue weighted by Crippen LogP contribution is 2.31. The molecule has 1 fully saturated rings. The molecule has 0 aliphatic carbocycles. The monoisotopic (exact) mass is 427 g/mol. The third-order valence-corrected chi connectivity index (χ3v) is 6.69. The molecule has 0 amide bonds. The molecule has 0 spiro atoms. The molecule has 10 heteroatoms. The van der Waals surface area contributed by atoms with Crippen molar-refractivity contribution in [3.63, 3.8) is 0 Å². The molecule has 1 heterocycles. The topological polar surface area (TPSA) is 92.6 Å². The molecular formula is C13H19BrClN3O4S. The predicted molar refractivity (Wildman–Crippen MR) is 93.6 cm³/mol. The number of nitro benzene ring substituents is 1. The Balaban J connectivity index is 0.00000264. The molecule has 1 aromatic rings. The Labute approximate surface area is 150 Å². The van der Waals surface area contributed by atoms with Crippen LogP contribution in [0.3, 0.4) is 0 Å². The zero-order chi connectivity index (χ0) is 16.5. The van der Waals surface area contributed by atoms with Crippen LogP contribution in [0.15, 0.2) is 21.5 Å². The summed E-state index contributed by atoms with van der Waals surface area (Å²) in [5.41, 5.74) is 0.218. The summed E-state index contributed by atoms with van der Waals surface area (Å²) < 4.78 is 27.2. The summed E-state index contributed by atoms with van der Waals surface area (Å²) in [4.78, 5) is 10.5. The summed E-state index contributed by atoms with van der Waals surface area (Å²) >= 11 is 3.21. The second kappa shape index (κ2) is 7.89. The largest absolute Gasteiger partial charge is 0.317 e. The fourth-order valence-electron chi connectivity index (χ4n) is 2.51. The second-order valence-corrected chi connectivity index (χ2v) is 8.07. The molecule has 7 nitrogen and oxygen atoms in total. The van der Waals surface area contributed by atoms with E-state index >= 15 is 0 Å². The van der Waals surface area contributed by atoms with Crippen LogP contribution < -0.4 is 5.32 Å². The van der Waals surface area contributed by atoms with E-state index in [0.29, 0.717) is 29.2 Å². The second-order valence-electron chi connectivity index (χ2n) is 5.27. The minimum Gasteiger partial charge on any atom is -0.317 e. The van der Waals surface area contributed by atoms with Crippen molar-refractivity contribution in [2.24, 2.45) is 0 Å². The highest BCUT2D eigenvalue weighted by Gasteiger charge is 2.31. The van der Waals surface area contributed by atoms with Crippen molar-refractivity contribution in [2.45, 2.75) is 30.7 Å². The maximum absolute atomic E-state index is 12.7. The number of rotatable bonds is 4. The Bertz CT molecular complexity index is 691. The van der Waals surface area contributed by atoms with E-state index in [0.717, 1.165) is 18.9 Å². The zero-order valence-corrected chi connectivity index (χ0v) is 16.0. The molecule has 1 aliphatic heterocycles. The number of nitro groups is 1. The first-order valence-electron chi connectivity index (χ1n) is 6.89. The summed E-state index contributed by atoms with van der Waals surface area (Å²) in [5, 5.41) is 14.2. The van der Waals surface area contributed by atoms with Crippen LogP contribution in [0.1, 0.15) is 18.4 Å². The van der Waals surface area contributed by atoms with Gasteiger partial charge in [-0.1, -0.05) is 15.9 Å². The van der Waals surface area contributed by atoms with Crippen molar-refractivity contribution in [3.05, 3.63) is 32.3 Å². The fourth-order valence-corrected chi connectivity index (χ4v) is 4.63. The smallest absolute Gasteiger partial charge is 0.274 e. The lowest BCUT2D eigenvalue weighted by Crippen LogP contribution is -2.43. The molecule has 2 rings (SSSR count). The average Bonchev–Trinajstić information content (AvgIpc) is 2.49. The number of halogens is 2. The molecule has 0 unspecified atom stereocenters. The molecular weight excluding hydrogens is 410 g/mol. The first kappa shape index (κ1) is 20.3. The Morgan fingerprint density at radius 1 is 1.35 bits per heavy atom. The first-order valence-corrected chi connectivity index (χ1v) is 9.12. The maximum atomic E-state index is 12.7. The molecule has 0 aromatic heterocycles. The van der Waals surface area contributed by atoms with Crippen LogP contribution in [0.5, 0.6) is 0 Å². The van der Waals surface area contributed by atoms with Crippen LogP contribution in [-0.4, -0.2) is 43.8 Å². The van der Waals surface area contributed by atoms with Gasteiger partial charge in [0.15, 0.2) is 0 Å². The number of hydrogen-bond donors (Lipinski definition) is 1. The minimum absolute atomic E-state index is 0. The molecule has 0 saturated carbocycles. The van der Waals surface area contributed by atoms with E-state index in [1.807, 2.05) is 7.05 Å². The van der Waals surface area contributed by atoms with Crippen molar-refractivity contribution in [2.75, 3.05) is 20.1 Å². The highest BCUT2D eigenvalue weighted by atomic mass is 79.9. The third kappa shape index (κ3) is 4.21. The van der Waals surface area contributed by atoms with E-state index in [9.17, 15) is 18.5 Å². The quantitative estimate of drug-likeness (QED) is 0.587. The summed E-state index contributed by atoms with van der Waals surface area (Å²) in [6.45, 7) is 2.40. The molecule has 1 aliphatic rings. The van der Waals surface area contributed by atoms with Gasteiger partial charge < -0.3 is 5.32 Å². The number of piperidine rings is 1. The molecule has 0 radical (unpaired) electrons. The van der Waals surface area contributed by atoms with Crippen molar-refractivity contribution in [1.29, 1.82) is 0 Å². The van der Waals surface area contributed by atoms with Crippen molar-refractivity contribution >= 4 is 44.0 Å². The molecule has 1 N–H and O–H groups in total.